The van der Waals surface area contributed by atoms with Crippen molar-refractivity contribution in [1.29, 1.82) is 0 Å². The normalized spacial score (nSPS) is 17.2. The van der Waals surface area contributed by atoms with Crippen molar-refractivity contribution in [2.24, 2.45) is 0 Å². The highest BCUT2D eigenvalue weighted by Crippen LogP contribution is 2.20. The summed E-state index contributed by atoms with van der Waals surface area (Å²) in [5.41, 5.74) is 3.88. The van der Waals surface area contributed by atoms with Gasteiger partial charge in [-0.2, -0.15) is 5.10 Å². The summed E-state index contributed by atoms with van der Waals surface area (Å²) < 4.78 is 1.86. The van der Waals surface area contributed by atoms with Crippen LogP contribution < -0.4 is 5.32 Å². The maximum atomic E-state index is 12.6. The standard InChI is InChI=1S/C24H28N4O/c1-19-5-2-3-15-27(19)17-20-8-12-23(13-9-20)26-24(29)22-10-6-21(7-11-22)18-28-16-4-14-25-28/h4,6-14,16,19H,2-3,5,15,17-18H2,1H3,(H,26,29). The number of carbonyl (C=O) groups is 1. The van der Waals surface area contributed by atoms with Crippen LogP contribution in [0.5, 0.6) is 0 Å². The van der Waals surface area contributed by atoms with Crippen LogP contribution >= 0.6 is 0 Å². The molecule has 0 spiro atoms. The zero-order valence-electron chi connectivity index (χ0n) is 16.9. The monoisotopic (exact) mass is 388 g/mol. The van der Waals surface area contributed by atoms with Crippen LogP contribution in [0.25, 0.3) is 0 Å². The maximum absolute atomic E-state index is 12.6. The fraction of sp³-hybridized carbons (Fsp3) is 0.333. The van der Waals surface area contributed by atoms with Gasteiger partial charge in [-0.1, -0.05) is 30.7 Å². The summed E-state index contributed by atoms with van der Waals surface area (Å²) >= 11 is 0. The Morgan fingerprint density at radius 2 is 1.76 bits per heavy atom. The first kappa shape index (κ1) is 19.4. The number of aromatic nitrogens is 2. The lowest BCUT2D eigenvalue weighted by molar-refractivity contribution is 0.102. The Kier molecular flexibility index (Phi) is 6.06. The molecule has 5 heteroatoms. The maximum Gasteiger partial charge on any atom is 0.255 e. The van der Waals surface area contributed by atoms with Gasteiger partial charge in [0.25, 0.3) is 5.91 Å². The van der Waals surface area contributed by atoms with E-state index >= 15 is 0 Å². The van der Waals surface area contributed by atoms with E-state index in [1.165, 1.54) is 31.4 Å². The van der Waals surface area contributed by atoms with Crippen LogP contribution in [0.1, 0.15) is 47.7 Å². The first-order valence-corrected chi connectivity index (χ1v) is 10.4. The molecule has 1 unspecified atom stereocenters. The van der Waals surface area contributed by atoms with Crippen molar-refractivity contribution < 1.29 is 4.79 Å². The third kappa shape index (κ3) is 5.12. The number of amides is 1. The fourth-order valence-corrected chi connectivity index (χ4v) is 3.87. The molecule has 0 saturated carbocycles. The van der Waals surface area contributed by atoms with Crippen molar-refractivity contribution in [2.75, 3.05) is 11.9 Å². The summed E-state index contributed by atoms with van der Waals surface area (Å²) in [7, 11) is 0. The van der Waals surface area contributed by atoms with Gasteiger partial charge in [0.2, 0.25) is 0 Å². The molecule has 150 valence electrons. The summed E-state index contributed by atoms with van der Waals surface area (Å²) in [4.78, 5) is 15.1. The van der Waals surface area contributed by atoms with E-state index in [4.69, 9.17) is 0 Å². The number of benzene rings is 2. The molecule has 5 nitrogen and oxygen atoms in total. The molecule has 1 aliphatic rings. The highest BCUT2D eigenvalue weighted by Gasteiger charge is 2.18. The van der Waals surface area contributed by atoms with E-state index < -0.39 is 0 Å². The van der Waals surface area contributed by atoms with Crippen molar-refractivity contribution in [1.82, 2.24) is 14.7 Å². The van der Waals surface area contributed by atoms with Crippen LogP contribution in [0, 0.1) is 0 Å². The average molecular weight is 389 g/mol. The van der Waals surface area contributed by atoms with Crippen LogP contribution in [0.3, 0.4) is 0 Å². The number of likely N-dealkylation sites (tertiary alicyclic amines) is 1. The second kappa shape index (κ2) is 9.05. The van der Waals surface area contributed by atoms with Crippen LogP contribution in [0.4, 0.5) is 5.69 Å². The third-order valence-electron chi connectivity index (χ3n) is 5.66. The topological polar surface area (TPSA) is 50.2 Å². The van der Waals surface area contributed by atoms with Crippen molar-refractivity contribution in [3.05, 3.63) is 83.7 Å². The third-order valence-corrected chi connectivity index (χ3v) is 5.66. The molecule has 2 aromatic carbocycles. The largest absolute Gasteiger partial charge is 0.322 e. The average Bonchev–Trinajstić information content (AvgIpc) is 3.25. The van der Waals surface area contributed by atoms with E-state index in [2.05, 4.69) is 34.4 Å². The number of hydrogen-bond donors (Lipinski definition) is 1. The molecule has 1 saturated heterocycles. The van der Waals surface area contributed by atoms with E-state index in [1.54, 1.807) is 6.20 Å². The SMILES string of the molecule is CC1CCCCN1Cc1ccc(NC(=O)c2ccc(Cn3cccn3)cc2)cc1. The lowest BCUT2D eigenvalue weighted by Crippen LogP contribution is -2.36. The molecule has 3 aromatic rings. The van der Waals surface area contributed by atoms with Crippen molar-refractivity contribution in [3.8, 4) is 0 Å². The molecule has 0 bridgehead atoms. The number of nitrogens with one attached hydrogen (secondary N) is 1. The van der Waals surface area contributed by atoms with E-state index in [0.29, 0.717) is 18.2 Å². The molecule has 0 radical (unpaired) electrons. The minimum Gasteiger partial charge on any atom is -0.322 e. The zero-order chi connectivity index (χ0) is 20.1. The van der Waals surface area contributed by atoms with Crippen LogP contribution in [0.2, 0.25) is 0 Å². The highest BCUT2D eigenvalue weighted by molar-refractivity contribution is 6.04. The Hall–Kier alpha value is -2.92. The minimum absolute atomic E-state index is 0.0898. The first-order valence-electron chi connectivity index (χ1n) is 10.4. The van der Waals surface area contributed by atoms with Crippen LogP contribution in [-0.4, -0.2) is 33.2 Å². The van der Waals surface area contributed by atoms with Crippen molar-refractivity contribution in [2.45, 2.75) is 45.3 Å². The highest BCUT2D eigenvalue weighted by atomic mass is 16.1. The molecule has 2 heterocycles. The van der Waals surface area contributed by atoms with Gasteiger partial charge < -0.3 is 5.32 Å². The second-order valence-corrected chi connectivity index (χ2v) is 7.87. The molecule has 4 rings (SSSR count). The minimum atomic E-state index is -0.0898. The van der Waals surface area contributed by atoms with Crippen molar-refractivity contribution in [3.63, 3.8) is 0 Å². The molecule has 1 aromatic heterocycles. The molecule has 1 atom stereocenters. The Morgan fingerprint density at radius 3 is 2.45 bits per heavy atom. The zero-order valence-corrected chi connectivity index (χ0v) is 16.9. The molecule has 29 heavy (non-hydrogen) atoms. The Bertz CT molecular complexity index is 917. The summed E-state index contributed by atoms with van der Waals surface area (Å²) in [5.74, 6) is -0.0898. The summed E-state index contributed by atoms with van der Waals surface area (Å²) in [6.07, 6.45) is 7.61. The van der Waals surface area contributed by atoms with Gasteiger partial charge in [-0.25, -0.2) is 0 Å². The van der Waals surface area contributed by atoms with Gasteiger partial charge in [0.1, 0.15) is 0 Å². The molecule has 1 aliphatic heterocycles. The second-order valence-electron chi connectivity index (χ2n) is 7.87. The number of hydrogen-bond acceptors (Lipinski definition) is 3. The Labute approximate surface area is 172 Å². The van der Waals surface area contributed by atoms with Gasteiger partial charge in [0.15, 0.2) is 0 Å². The van der Waals surface area contributed by atoms with Crippen LogP contribution in [-0.2, 0) is 13.1 Å². The smallest absolute Gasteiger partial charge is 0.255 e. The molecule has 1 amide bonds. The predicted octanol–water partition coefficient (Wildman–Crippen LogP) is 4.56. The fourth-order valence-electron chi connectivity index (χ4n) is 3.87. The number of piperidine rings is 1. The van der Waals surface area contributed by atoms with Gasteiger partial charge in [-0.3, -0.25) is 14.4 Å². The van der Waals surface area contributed by atoms with Gasteiger partial charge in [-0.15, -0.1) is 0 Å². The molecule has 0 aliphatic carbocycles. The van der Waals surface area contributed by atoms with E-state index in [9.17, 15) is 4.79 Å². The van der Waals surface area contributed by atoms with E-state index in [0.717, 1.165) is 17.8 Å². The quantitative estimate of drug-likeness (QED) is 0.674. The van der Waals surface area contributed by atoms with E-state index in [1.807, 2.05) is 53.3 Å². The predicted molar refractivity (Wildman–Crippen MR) is 116 cm³/mol. The van der Waals surface area contributed by atoms with Gasteiger partial charge >= 0.3 is 0 Å². The molecule has 1 N–H and O–H groups in total. The number of nitrogens with zero attached hydrogens (tertiary/aromatic N) is 3. The van der Waals surface area contributed by atoms with Crippen molar-refractivity contribution >= 4 is 11.6 Å². The lowest BCUT2D eigenvalue weighted by atomic mass is 10.0. The summed E-state index contributed by atoms with van der Waals surface area (Å²) in [6.45, 7) is 5.17. The summed E-state index contributed by atoms with van der Waals surface area (Å²) in [6, 6.07) is 18.4. The first-order chi connectivity index (χ1) is 14.2. The summed E-state index contributed by atoms with van der Waals surface area (Å²) in [5, 5.41) is 7.20. The number of anilines is 1. The molecular formula is C24H28N4O. The van der Waals surface area contributed by atoms with Gasteiger partial charge in [0, 0.05) is 36.2 Å². The number of carbonyl (C=O) groups excluding carboxylic acids is 1. The van der Waals surface area contributed by atoms with Gasteiger partial charge in [-0.05, 0) is 67.8 Å². The molecule has 1 fully saturated rings. The van der Waals surface area contributed by atoms with Gasteiger partial charge in [0.05, 0.1) is 6.54 Å². The lowest BCUT2D eigenvalue weighted by Gasteiger charge is -2.33. The van der Waals surface area contributed by atoms with E-state index in [-0.39, 0.29) is 5.91 Å². The number of rotatable bonds is 6. The Morgan fingerprint density at radius 1 is 1.03 bits per heavy atom. The molecular weight excluding hydrogens is 360 g/mol. The Balaban J connectivity index is 1.33. The van der Waals surface area contributed by atoms with Crippen LogP contribution in [0.15, 0.2) is 67.0 Å².